The highest BCUT2D eigenvalue weighted by Gasteiger charge is 2.13. The van der Waals surface area contributed by atoms with Crippen LogP contribution in [0.3, 0.4) is 0 Å². The molecule has 3 rings (SSSR count). The average Bonchev–Trinajstić information content (AvgIpc) is 3.05. The molecule has 0 saturated carbocycles. The summed E-state index contributed by atoms with van der Waals surface area (Å²) >= 11 is 1.23. The number of hydrogen-bond acceptors (Lipinski definition) is 3. The van der Waals surface area contributed by atoms with E-state index in [1.54, 1.807) is 18.3 Å². The molecule has 0 atom stereocenters. The van der Waals surface area contributed by atoms with Gasteiger partial charge in [0.1, 0.15) is 4.88 Å². The molecule has 0 radical (unpaired) electrons. The Morgan fingerprint density at radius 3 is 2.62 bits per heavy atom. The summed E-state index contributed by atoms with van der Waals surface area (Å²) in [4.78, 5) is 23.6. The normalized spacial score (nSPS) is 10.9. The van der Waals surface area contributed by atoms with Gasteiger partial charge in [-0.15, -0.1) is 11.3 Å². The molecule has 3 N–H and O–H groups in total. The lowest BCUT2D eigenvalue weighted by Gasteiger charge is -2.02. The van der Waals surface area contributed by atoms with Gasteiger partial charge in [0.2, 0.25) is 0 Å². The summed E-state index contributed by atoms with van der Waals surface area (Å²) in [5.74, 6) is -1.40. The molecule has 0 aliphatic carbocycles. The zero-order valence-corrected chi connectivity index (χ0v) is 11.8. The number of rotatable bonds is 4. The van der Waals surface area contributed by atoms with E-state index in [-0.39, 0.29) is 0 Å². The number of benzene rings is 1. The molecular formula is C15H12N2O3S. The van der Waals surface area contributed by atoms with Crippen molar-refractivity contribution in [3.8, 4) is 0 Å². The number of carbonyl (C=O) groups is 2. The van der Waals surface area contributed by atoms with Gasteiger partial charge in [-0.25, -0.2) is 4.79 Å². The highest BCUT2D eigenvalue weighted by atomic mass is 32.1. The molecule has 1 aromatic carbocycles. The number of fused-ring (bicyclic) bond motifs is 1. The van der Waals surface area contributed by atoms with Crippen molar-refractivity contribution in [3.63, 3.8) is 0 Å². The van der Waals surface area contributed by atoms with Crippen LogP contribution in [0, 0.1) is 0 Å². The number of primary amides is 1. The van der Waals surface area contributed by atoms with E-state index in [0.717, 1.165) is 15.8 Å². The molecule has 2 aromatic heterocycles. The SMILES string of the molecule is NC(=O)c1cn(Cc2ccc(C(=O)O)s2)c2ccccc12. The van der Waals surface area contributed by atoms with Gasteiger partial charge < -0.3 is 15.4 Å². The van der Waals surface area contributed by atoms with E-state index in [0.29, 0.717) is 17.0 Å². The molecule has 0 saturated heterocycles. The van der Waals surface area contributed by atoms with Gasteiger partial charge >= 0.3 is 5.97 Å². The molecule has 0 bridgehead atoms. The zero-order valence-electron chi connectivity index (χ0n) is 10.9. The number of amides is 1. The van der Waals surface area contributed by atoms with Crippen molar-refractivity contribution in [2.75, 3.05) is 0 Å². The highest BCUT2D eigenvalue weighted by molar-refractivity contribution is 7.13. The van der Waals surface area contributed by atoms with Crippen molar-refractivity contribution in [1.82, 2.24) is 4.57 Å². The van der Waals surface area contributed by atoms with Gasteiger partial charge in [-0.05, 0) is 18.2 Å². The predicted molar refractivity (Wildman–Crippen MR) is 80.8 cm³/mol. The van der Waals surface area contributed by atoms with Crippen LogP contribution in [0.25, 0.3) is 10.9 Å². The fraction of sp³-hybridized carbons (Fsp3) is 0.0667. The second-order valence-electron chi connectivity index (χ2n) is 4.62. The molecule has 6 heteroatoms. The van der Waals surface area contributed by atoms with Gasteiger partial charge in [-0.2, -0.15) is 0 Å². The summed E-state index contributed by atoms with van der Waals surface area (Å²) in [5.41, 5.74) is 6.78. The first-order valence-electron chi connectivity index (χ1n) is 6.26. The minimum atomic E-state index is -0.929. The van der Waals surface area contributed by atoms with Crippen molar-refractivity contribution in [2.45, 2.75) is 6.54 Å². The van der Waals surface area contributed by atoms with Crippen LogP contribution in [0.5, 0.6) is 0 Å². The molecule has 0 aliphatic heterocycles. The Kier molecular flexibility index (Phi) is 3.23. The maximum atomic E-state index is 11.5. The van der Waals surface area contributed by atoms with Crippen LogP contribution in [-0.2, 0) is 6.54 Å². The Morgan fingerprint density at radius 1 is 1.19 bits per heavy atom. The molecule has 3 aromatic rings. The quantitative estimate of drug-likeness (QED) is 0.776. The third-order valence-electron chi connectivity index (χ3n) is 3.25. The van der Waals surface area contributed by atoms with Crippen molar-refractivity contribution in [1.29, 1.82) is 0 Å². The first-order chi connectivity index (χ1) is 10.1. The smallest absolute Gasteiger partial charge is 0.345 e. The summed E-state index contributed by atoms with van der Waals surface area (Å²) in [7, 11) is 0. The maximum absolute atomic E-state index is 11.5. The highest BCUT2D eigenvalue weighted by Crippen LogP contribution is 2.24. The van der Waals surface area contributed by atoms with Gasteiger partial charge in [0.15, 0.2) is 0 Å². The van der Waals surface area contributed by atoms with E-state index in [4.69, 9.17) is 10.8 Å². The fourth-order valence-corrected chi connectivity index (χ4v) is 3.17. The van der Waals surface area contributed by atoms with E-state index in [9.17, 15) is 9.59 Å². The lowest BCUT2D eigenvalue weighted by molar-refractivity contribution is 0.0702. The summed E-state index contributed by atoms with van der Waals surface area (Å²) < 4.78 is 1.91. The van der Waals surface area contributed by atoms with E-state index < -0.39 is 11.9 Å². The van der Waals surface area contributed by atoms with E-state index >= 15 is 0 Å². The number of para-hydroxylation sites is 1. The second kappa shape index (κ2) is 5.06. The number of hydrogen-bond donors (Lipinski definition) is 2. The summed E-state index contributed by atoms with van der Waals surface area (Å²) in [6, 6.07) is 10.9. The average molecular weight is 300 g/mol. The number of carboxylic acid groups (broad SMARTS) is 1. The molecular weight excluding hydrogens is 288 g/mol. The Morgan fingerprint density at radius 2 is 1.95 bits per heavy atom. The van der Waals surface area contributed by atoms with Gasteiger partial charge in [-0.1, -0.05) is 18.2 Å². The van der Waals surface area contributed by atoms with Crippen LogP contribution in [0.1, 0.15) is 24.9 Å². The number of aromatic carboxylic acids is 1. The van der Waals surface area contributed by atoms with Gasteiger partial charge in [0.25, 0.3) is 5.91 Å². The number of carboxylic acids is 1. The molecule has 0 unspecified atom stereocenters. The van der Waals surface area contributed by atoms with Gasteiger partial charge in [0.05, 0.1) is 12.1 Å². The number of nitrogens with zero attached hydrogens (tertiary/aromatic N) is 1. The van der Waals surface area contributed by atoms with Crippen LogP contribution in [0.4, 0.5) is 0 Å². The molecule has 0 aliphatic rings. The third-order valence-corrected chi connectivity index (χ3v) is 4.31. The van der Waals surface area contributed by atoms with Crippen LogP contribution in [0.2, 0.25) is 0 Å². The lowest BCUT2D eigenvalue weighted by Crippen LogP contribution is -2.10. The molecule has 0 fully saturated rings. The lowest BCUT2D eigenvalue weighted by atomic mass is 10.2. The summed E-state index contributed by atoms with van der Waals surface area (Å²) in [5, 5.41) is 9.76. The van der Waals surface area contributed by atoms with Crippen molar-refractivity contribution in [3.05, 3.63) is 57.9 Å². The Bertz CT molecular complexity index is 848. The number of thiophene rings is 1. The first-order valence-corrected chi connectivity index (χ1v) is 7.07. The van der Waals surface area contributed by atoms with Crippen LogP contribution in [0.15, 0.2) is 42.6 Å². The first kappa shape index (κ1) is 13.4. The maximum Gasteiger partial charge on any atom is 0.345 e. The van der Waals surface area contributed by atoms with Crippen molar-refractivity contribution < 1.29 is 14.7 Å². The zero-order chi connectivity index (χ0) is 15.0. The van der Waals surface area contributed by atoms with Gasteiger partial charge in [-0.3, -0.25) is 4.79 Å². The Hall–Kier alpha value is -2.60. The van der Waals surface area contributed by atoms with E-state index in [1.807, 2.05) is 28.8 Å². The molecule has 5 nitrogen and oxygen atoms in total. The monoisotopic (exact) mass is 300 g/mol. The van der Waals surface area contributed by atoms with E-state index in [1.165, 1.54) is 11.3 Å². The molecule has 0 spiro atoms. The predicted octanol–water partition coefficient (Wildman–Crippen LogP) is 2.55. The number of aromatic nitrogens is 1. The Labute approximate surface area is 124 Å². The van der Waals surface area contributed by atoms with Crippen LogP contribution >= 0.6 is 11.3 Å². The minimum absolute atomic E-state index is 0.302. The summed E-state index contributed by atoms with van der Waals surface area (Å²) in [6.07, 6.45) is 1.72. The second-order valence-corrected chi connectivity index (χ2v) is 5.79. The Balaban J connectivity index is 2.04. The van der Waals surface area contributed by atoms with Crippen LogP contribution in [-0.4, -0.2) is 21.6 Å². The third kappa shape index (κ3) is 2.41. The van der Waals surface area contributed by atoms with Crippen molar-refractivity contribution in [2.24, 2.45) is 5.73 Å². The largest absolute Gasteiger partial charge is 0.477 e. The molecule has 1 amide bonds. The van der Waals surface area contributed by atoms with Crippen LogP contribution < -0.4 is 5.73 Å². The molecule has 106 valence electrons. The number of nitrogens with two attached hydrogens (primary N) is 1. The minimum Gasteiger partial charge on any atom is -0.477 e. The summed E-state index contributed by atoms with van der Waals surface area (Å²) in [6.45, 7) is 0.506. The molecule has 2 heterocycles. The van der Waals surface area contributed by atoms with Crippen molar-refractivity contribution >= 4 is 34.1 Å². The molecule has 21 heavy (non-hydrogen) atoms. The van der Waals surface area contributed by atoms with E-state index in [2.05, 4.69) is 0 Å². The fourth-order valence-electron chi connectivity index (χ4n) is 2.32. The van der Waals surface area contributed by atoms with Gasteiger partial charge in [0, 0.05) is 22.0 Å². The number of carbonyl (C=O) groups excluding carboxylic acids is 1. The standard InChI is InChI=1S/C15H12N2O3S/c16-14(18)11-8-17(12-4-2-1-3-10(11)12)7-9-5-6-13(21-9)15(19)20/h1-6,8H,7H2,(H2,16,18)(H,19,20). The topological polar surface area (TPSA) is 85.3 Å².